The van der Waals surface area contributed by atoms with E-state index in [1.165, 1.54) is 57.3 Å². The highest BCUT2D eigenvalue weighted by Gasteiger charge is 2.71. The summed E-state index contributed by atoms with van der Waals surface area (Å²) >= 11 is 0. The van der Waals surface area contributed by atoms with E-state index in [1.54, 1.807) is 24.3 Å². The van der Waals surface area contributed by atoms with Crippen LogP contribution in [0.5, 0.6) is 11.5 Å². The van der Waals surface area contributed by atoms with Crippen molar-refractivity contribution in [3.05, 3.63) is 42.0 Å². The molecule has 5 nitrogen and oxygen atoms in total. The molecule has 6 rings (SSSR count). The third-order valence-corrected chi connectivity index (χ3v) is 15.4. The first-order valence-corrected chi connectivity index (χ1v) is 17.7. The van der Waals surface area contributed by atoms with E-state index >= 15 is 0 Å². The van der Waals surface area contributed by atoms with Crippen molar-refractivity contribution in [1.82, 2.24) is 0 Å². The van der Waals surface area contributed by atoms with Crippen LogP contribution in [0.3, 0.4) is 0 Å². The summed E-state index contributed by atoms with van der Waals surface area (Å²) in [6, 6.07) is 5.04. The molecule has 0 aromatic heterocycles. The number of phenols is 1. The number of aliphatic hydroxyl groups is 1. The Morgan fingerprint density at radius 3 is 2.40 bits per heavy atom. The smallest absolute Gasteiger partial charge is 0.331 e. The van der Waals surface area contributed by atoms with Crippen LogP contribution in [0.1, 0.15) is 111 Å². The van der Waals surface area contributed by atoms with Crippen molar-refractivity contribution >= 4 is 12.0 Å². The Balaban J connectivity index is 1.22. The van der Waals surface area contributed by atoms with Crippen LogP contribution in [0.25, 0.3) is 6.08 Å². The predicted octanol–water partition coefficient (Wildman–Crippen LogP) is 8.98. The van der Waals surface area contributed by atoms with Gasteiger partial charge in [0, 0.05) is 18.1 Å². The molecule has 2 N–H and O–H groups in total. The molecular weight excluding hydrogens is 560 g/mol. The standard InChI is InChI=1S/C40H58O5/c1-25(2)27-15-20-40(24-41)22-21-38(6)28(35(27)40)11-13-32-37(5)18-17-33(36(3,4)31(37)16-19-39(32,38)7)45-34(43)14-10-26-9-12-29(42)30(23-26)44-8/h9-10,12,14,23,27-28,31-33,35,41-42H,1,11,13,15-22,24H2,2-8H3/t27-,28+,31-,32+,33-,35+,37-,38+,39+,40+/m0/s1. The zero-order valence-electron chi connectivity index (χ0n) is 29.0. The van der Waals surface area contributed by atoms with Gasteiger partial charge < -0.3 is 19.7 Å². The highest BCUT2D eigenvalue weighted by molar-refractivity contribution is 5.87. The van der Waals surface area contributed by atoms with Gasteiger partial charge in [-0.3, -0.25) is 0 Å². The Bertz CT molecular complexity index is 1360. The maximum absolute atomic E-state index is 13.1. The van der Waals surface area contributed by atoms with E-state index < -0.39 is 0 Å². The van der Waals surface area contributed by atoms with Crippen LogP contribution in [-0.4, -0.2) is 36.0 Å². The first-order chi connectivity index (χ1) is 21.2. The van der Waals surface area contributed by atoms with Crippen LogP contribution in [-0.2, 0) is 9.53 Å². The summed E-state index contributed by atoms with van der Waals surface area (Å²) in [6.45, 7) is 19.6. The molecule has 0 unspecified atom stereocenters. The third kappa shape index (κ3) is 4.75. The third-order valence-electron chi connectivity index (χ3n) is 15.4. The molecule has 10 atom stereocenters. The number of benzene rings is 1. The van der Waals surface area contributed by atoms with Crippen LogP contribution in [0.2, 0.25) is 0 Å². The maximum Gasteiger partial charge on any atom is 0.331 e. The van der Waals surface area contributed by atoms with E-state index in [1.807, 2.05) is 0 Å². The van der Waals surface area contributed by atoms with E-state index in [9.17, 15) is 15.0 Å². The molecule has 0 radical (unpaired) electrons. The summed E-state index contributed by atoms with van der Waals surface area (Å²) < 4.78 is 11.4. The zero-order valence-corrected chi connectivity index (χ0v) is 29.0. The zero-order chi connectivity index (χ0) is 32.6. The quantitative estimate of drug-likeness (QED) is 0.189. The molecule has 5 aliphatic rings. The fourth-order valence-electron chi connectivity index (χ4n) is 12.9. The number of carbonyl (C=O) groups is 1. The Hall–Kier alpha value is -2.27. The summed E-state index contributed by atoms with van der Waals surface area (Å²) in [4.78, 5) is 13.1. The second-order valence-corrected chi connectivity index (χ2v) is 17.3. The molecule has 248 valence electrons. The number of rotatable bonds is 6. The second kappa shape index (κ2) is 11.2. The van der Waals surface area contributed by atoms with Crippen molar-refractivity contribution in [1.29, 1.82) is 0 Å². The Morgan fingerprint density at radius 1 is 0.956 bits per heavy atom. The van der Waals surface area contributed by atoms with Crippen molar-refractivity contribution in [2.75, 3.05) is 13.7 Å². The van der Waals surface area contributed by atoms with E-state index in [4.69, 9.17) is 9.47 Å². The van der Waals surface area contributed by atoms with Gasteiger partial charge in [-0.2, -0.15) is 0 Å². The number of carbonyl (C=O) groups excluding carboxylic acids is 1. The lowest BCUT2D eigenvalue weighted by atomic mass is 9.32. The van der Waals surface area contributed by atoms with E-state index in [0.717, 1.165) is 31.2 Å². The molecule has 0 bridgehead atoms. The number of allylic oxidation sites excluding steroid dienone is 1. The maximum atomic E-state index is 13.1. The highest BCUT2D eigenvalue weighted by Crippen LogP contribution is 2.77. The summed E-state index contributed by atoms with van der Waals surface area (Å²) in [6.07, 6.45) is 14.8. The average molecular weight is 619 g/mol. The van der Waals surface area contributed by atoms with Crippen molar-refractivity contribution in [2.45, 2.75) is 112 Å². The topological polar surface area (TPSA) is 76.0 Å². The normalized spacial score (nSPS) is 43.5. The minimum atomic E-state index is -0.310. The lowest BCUT2D eigenvalue weighted by molar-refractivity contribution is -0.251. The Kier molecular flexibility index (Phi) is 8.11. The highest BCUT2D eigenvalue weighted by atomic mass is 16.5. The number of hydrogen-bond acceptors (Lipinski definition) is 5. The molecule has 0 amide bonds. The fourth-order valence-corrected chi connectivity index (χ4v) is 12.9. The van der Waals surface area contributed by atoms with E-state index in [2.05, 4.69) is 48.1 Å². The van der Waals surface area contributed by atoms with Crippen LogP contribution in [0.4, 0.5) is 0 Å². The van der Waals surface area contributed by atoms with Gasteiger partial charge in [-0.15, -0.1) is 0 Å². The minimum Gasteiger partial charge on any atom is -0.504 e. The van der Waals surface area contributed by atoms with Gasteiger partial charge in [-0.25, -0.2) is 4.79 Å². The number of esters is 1. The monoisotopic (exact) mass is 618 g/mol. The molecule has 1 aromatic carbocycles. The molecule has 0 aliphatic heterocycles. The fraction of sp³-hybridized carbons (Fsp3) is 0.725. The summed E-state index contributed by atoms with van der Waals surface area (Å²) in [5.41, 5.74) is 2.81. The molecular formula is C40H58O5. The summed E-state index contributed by atoms with van der Waals surface area (Å²) in [7, 11) is 1.51. The van der Waals surface area contributed by atoms with Crippen molar-refractivity contribution < 1.29 is 24.5 Å². The Morgan fingerprint density at radius 2 is 1.71 bits per heavy atom. The van der Waals surface area contributed by atoms with Crippen molar-refractivity contribution in [3.8, 4) is 11.5 Å². The molecule has 0 heterocycles. The van der Waals surface area contributed by atoms with Gasteiger partial charge in [0.1, 0.15) is 6.10 Å². The number of methoxy groups -OCH3 is 1. The first kappa shape index (κ1) is 32.7. The van der Waals surface area contributed by atoms with Gasteiger partial charge in [0.25, 0.3) is 0 Å². The van der Waals surface area contributed by atoms with Crippen LogP contribution < -0.4 is 4.74 Å². The molecule has 0 spiro atoms. The van der Waals surface area contributed by atoms with E-state index in [0.29, 0.717) is 41.9 Å². The number of phenolic OH excluding ortho intramolecular Hbond substituents is 1. The molecule has 0 saturated heterocycles. The number of ether oxygens (including phenoxy) is 2. The minimum absolute atomic E-state index is 0.0756. The first-order valence-electron chi connectivity index (χ1n) is 17.7. The van der Waals surface area contributed by atoms with Crippen molar-refractivity contribution in [3.63, 3.8) is 0 Å². The second-order valence-electron chi connectivity index (χ2n) is 17.3. The molecule has 5 saturated carbocycles. The molecule has 5 aliphatic carbocycles. The van der Waals surface area contributed by atoms with E-state index in [-0.39, 0.29) is 44.9 Å². The van der Waals surface area contributed by atoms with Gasteiger partial charge >= 0.3 is 5.97 Å². The van der Waals surface area contributed by atoms with Gasteiger partial charge in [-0.05, 0) is 146 Å². The summed E-state index contributed by atoms with van der Waals surface area (Å²) in [5, 5.41) is 20.7. The average Bonchev–Trinajstić information content (AvgIpc) is 3.39. The number of fused-ring (bicyclic) bond motifs is 7. The SMILES string of the molecule is C=C(C)[C@@H]1CC[C@]2(CO)CC[C@]3(C)[C@H](CC[C@@H]4[C@@]5(C)CC[C@H](OC(=O)C=Cc6ccc(O)c(OC)c6)C(C)(C)[C@@H]5CC[C@]43C)[C@@H]12. The van der Waals surface area contributed by atoms with Crippen LogP contribution in [0, 0.1) is 56.7 Å². The number of aromatic hydroxyl groups is 1. The van der Waals surface area contributed by atoms with Gasteiger partial charge in [0.2, 0.25) is 0 Å². The predicted molar refractivity (Wildman–Crippen MR) is 180 cm³/mol. The molecule has 5 heteroatoms. The Labute approximate surface area is 271 Å². The van der Waals surface area contributed by atoms with Crippen molar-refractivity contribution in [2.24, 2.45) is 56.7 Å². The molecule has 1 aromatic rings. The van der Waals surface area contributed by atoms with Gasteiger partial charge in [0.05, 0.1) is 7.11 Å². The van der Waals surface area contributed by atoms with Crippen LogP contribution in [0.15, 0.2) is 36.4 Å². The number of hydrogen-bond donors (Lipinski definition) is 2. The van der Waals surface area contributed by atoms with Crippen LogP contribution >= 0.6 is 0 Å². The lowest BCUT2D eigenvalue weighted by Crippen LogP contribution is -2.67. The van der Waals surface area contributed by atoms with Gasteiger partial charge in [0.15, 0.2) is 11.5 Å². The largest absolute Gasteiger partial charge is 0.504 e. The molecule has 5 fully saturated rings. The van der Waals surface area contributed by atoms with Gasteiger partial charge in [-0.1, -0.05) is 52.8 Å². The summed E-state index contributed by atoms with van der Waals surface area (Å²) in [5.74, 6) is 3.04. The number of aliphatic hydroxyl groups excluding tert-OH is 1. The molecule has 45 heavy (non-hydrogen) atoms. The lowest BCUT2D eigenvalue weighted by Gasteiger charge is -2.73.